The molecule has 3 aromatic rings. The molecule has 4 nitrogen and oxygen atoms in total. The first kappa shape index (κ1) is 12.7. The van der Waals surface area contributed by atoms with Crippen molar-refractivity contribution in [2.75, 3.05) is 0 Å². The minimum Gasteiger partial charge on any atom is -0.298 e. The molecule has 0 spiro atoms. The molecule has 0 aliphatic rings. The summed E-state index contributed by atoms with van der Waals surface area (Å²) in [5.74, 6) is 0. The highest BCUT2D eigenvalue weighted by Gasteiger charge is 2.14. The third-order valence-corrected chi connectivity index (χ3v) is 3.88. The quantitative estimate of drug-likeness (QED) is 0.692. The zero-order valence-electron chi connectivity index (χ0n) is 11.2. The second-order valence-corrected chi connectivity index (χ2v) is 5.52. The molecule has 0 aliphatic carbocycles. The van der Waals surface area contributed by atoms with Gasteiger partial charge in [-0.05, 0) is 25.5 Å². The van der Waals surface area contributed by atoms with Crippen LogP contribution in [0.3, 0.4) is 0 Å². The maximum absolute atomic E-state index is 11.2. The van der Waals surface area contributed by atoms with Gasteiger partial charge in [0.15, 0.2) is 6.29 Å². The third-order valence-electron chi connectivity index (χ3n) is 3.10. The fourth-order valence-corrected chi connectivity index (χ4v) is 2.81. The van der Waals surface area contributed by atoms with Gasteiger partial charge in [-0.25, -0.2) is 9.67 Å². The summed E-state index contributed by atoms with van der Waals surface area (Å²) in [6, 6.07) is 6.15. The molecular formula is C15H13N3OS. The van der Waals surface area contributed by atoms with Crippen LogP contribution in [0.15, 0.2) is 36.0 Å². The van der Waals surface area contributed by atoms with Crippen LogP contribution in [-0.4, -0.2) is 21.1 Å². The summed E-state index contributed by atoms with van der Waals surface area (Å²) >= 11 is 1.47. The molecule has 0 atom stereocenters. The van der Waals surface area contributed by atoms with Crippen molar-refractivity contribution in [1.82, 2.24) is 14.8 Å². The zero-order valence-corrected chi connectivity index (χ0v) is 12.0. The molecule has 0 radical (unpaired) electrons. The Labute approximate surface area is 120 Å². The van der Waals surface area contributed by atoms with Gasteiger partial charge in [-0.3, -0.25) is 4.79 Å². The maximum Gasteiger partial charge on any atom is 0.153 e. The lowest BCUT2D eigenvalue weighted by molar-refractivity contribution is 0.112. The molecule has 0 fully saturated rings. The van der Waals surface area contributed by atoms with Crippen LogP contribution >= 0.6 is 11.3 Å². The second kappa shape index (κ2) is 5.02. The van der Waals surface area contributed by atoms with Gasteiger partial charge in [0, 0.05) is 17.8 Å². The van der Waals surface area contributed by atoms with E-state index in [9.17, 15) is 4.79 Å². The van der Waals surface area contributed by atoms with E-state index in [1.807, 2.05) is 24.4 Å². The Hall–Kier alpha value is -2.27. The topological polar surface area (TPSA) is 47.8 Å². The Bertz CT molecular complexity index is 760. The number of carbonyl (C=O) groups excluding carboxylic acids is 1. The fraction of sp³-hybridized carbons (Fsp3) is 0.133. The molecule has 2 aromatic heterocycles. The first-order valence-corrected chi connectivity index (χ1v) is 7.09. The summed E-state index contributed by atoms with van der Waals surface area (Å²) in [4.78, 5) is 15.5. The van der Waals surface area contributed by atoms with Crippen molar-refractivity contribution in [3.63, 3.8) is 0 Å². The number of carbonyl (C=O) groups is 1. The molecule has 0 saturated carbocycles. The van der Waals surface area contributed by atoms with Crippen molar-refractivity contribution in [1.29, 1.82) is 0 Å². The number of thiazole rings is 1. The van der Waals surface area contributed by atoms with E-state index in [4.69, 9.17) is 0 Å². The lowest BCUT2D eigenvalue weighted by atomic mass is 10.1. The predicted octanol–water partition coefficient (Wildman–Crippen LogP) is 3.43. The molecular weight excluding hydrogens is 270 g/mol. The lowest BCUT2D eigenvalue weighted by Gasteiger charge is -2.06. The van der Waals surface area contributed by atoms with Crippen LogP contribution in [0.4, 0.5) is 0 Å². The van der Waals surface area contributed by atoms with E-state index in [-0.39, 0.29) is 0 Å². The Balaban J connectivity index is 2.14. The first-order valence-electron chi connectivity index (χ1n) is 6.21. The molecule has 0 N–H and O–H groups in total. The molecule has 0 saturated heterocycles. The van der Waals surface area contributed by atoms with Crippen molar-refractivity contribution < 1.29 is 4.79 Å². The Morgan fingerprint density at radius 3 is 2.80 bits per heavy atom. The van der Waals surface area contributed by atoms with Gasteiger partial charge in [-0.2, -0.15) is 5.10 Å². The average molecular weight is 283 g/mol. The number of aryl methyl sites for hydroxylation is 2. The number of rotatable bonds is 3. The fourth-order valence-electron chi connectivity index (χ4n) is 2.17. The molecule has 100 valence electrons. The summed E-state index contributed by atoms with van der Waals surface area (Å²) < 4.78 is 1.75. The van der Waals surface area contributed by atoms with Crippen molar-refractivity contribution in [3.8, 4) is 16.4 Å². The number of hydrogen-bond acceptors (Lipinski definition) is 4. The van der Waals surface area contributed by atoms with Gasteiger partial charge in [0.1, 0.15) is 10.7 Å². The van der Waals surface area contributed by atoms with Crippen LogP contribution in [0.5, 0.6) is 0 Å². The van der Waals surface area contributed by atoms with E-state index < -0.39 is 0 Å². The van der Waals surface area contributed by atoms with Gasteiger partial charge in [-0.15, -0.1) is 11.3 Å². The first-order chi connectivity index (χ1) is 9.69. The molecule has 0 unspecified atom stereocenters. The van der Waals surface area contributed by atoms with Crippen molar-refractivity contribution in [3.05, 3.63) is 52.7 Å². The lowest BCUT2D eigenvalue weighted by Crippen LogP contribution is -1.98. The van der Waals surface area contributed by atoms with Gasteiger partial charge >= 0.3 is 0 Å². The van der Waals surface area contributed by atoms with E-state index >= 15 is 0 Å². The van der Waals surface area contributed by atoms with Crippen LogP contribution < -0.4 is 0 Å². The Morgan fingerprint density at radius 2 is 2.15 bits per heavy atom. The van der Waals surface area contributed by atoms with Crippen LogP contribution in [0.25, 0.3) is 16.4 Å². The number of aromatic nitrogens is 3. The van der Waals surface area contributed by atoms with Crippen LogP contribution in [0.1, 0.15) is 21.5 Å². The number of hydrogen-bond donors (Lipinski definition) is 0. The van der Waals surface area contributed by atoms with E-state index in [0.717, 1.165) is 22.5 Å². The molecule has 5 heteroatoms. The Morgan fingerprint density at radius 1 is 1.30 bits per heavy atom. The highest BCUT2D eigenvalue weighted by Crippen LogP contribution is 2.25. The van der Waals surface area contributed by atoms with E-state index in [1.54, 1.807) is 17.1 Å². The second-order valence-electron chi connectivity index (χ2n) is 4.62. The van der Waals surface area contributed by atoms with Gasteiger partial charge in [-0.1, -0.05) is 17.7 Å². The molecule has 0 aliphatic heterocycles. The SMILES string of the molecule is Cc1ccc(-n2cc(C=O)c(-c3nccs3)n2)c(C)c1. The van der Waals surface area contributed by atoms with Gasteiger partial charge in [0.2, 0.25) is 0 Å². The van der Waals surface area contributed by atoms with E-state index in [1.165, 1.54) is 16.9 Å². The number of aldehydes is 1. The standard InChI is InChI=1S/C15H13N3OS/c1-10-3-4-13(11(2)7-10)18-8-12(9-19)14(17-18)15-16-5-6-20-15/h3-9H,1-2H3. The highest BCUT2D eigenvalue weighted by molar-refractivity contribution is 7.13. The zero-order chi connectivity index (χ0) is 14.1. The predicted molar refractivity (Wildman–Crippen MR) is 79.5 cm³/mol. The van der Waals surface area contributed by atoms with Crippen LogP contribution in [-0.2, 0) is 0 Å². The third kappa shape index (κ3) is 2.16. The summed E-state index contributed by atoms with van der Waals surface area (Å²) in [6.07, 6.45) is 4.29. The summed E-state index contributed by atoms with van der Waals surface area (Å²) in [5.41, 5.74) is 4.49. The average Bonchev–Trinajstić information content (AvgIpc) is 3.07. The normalized spacial score (nSPS) is 10.7. The van der Waals surface area contributed by atoms with Crippen molar-refractivity contribution in [2.24, 2.45) is 0 Å². The molecule has 20 heavy (non-hydrogen) atoms. The minimum absolute atomic E-state index is 0.555. The van der Waals surface area contributed by atoms with Crippen molar-refractivity contribution in [2.45, 2.75) is 13.8 Å². The molecule has 2 heterocycles. The molecule has 3 rings (SSSR count). The number of benzene rings is 1. The summed E-state index contributed by atoms with van der Waals surface area (Å²) in [7, 11) is 0. The van der Waals surface area contributed by atoms with Gasteiger partial charge in [0.25, 0.3) is 0 Å². The van der Waals surface area contributed by atoms with Gasteiger partial charge in [0.05, 0.1) is 11.3 Å². The smallest absolute Gasteiger partial charge is 0.153 e. The van der Waals surface area contributed by atoms with E-state index in [2.05, 4.69) is 23.1 Å². The molecule has 1 aromatic carbocycles. The number of nitrogens with zero attached hydrogens (tertiary/aromatic N) is 3. The van der Waals surface area contributed by atoms with Crippen molar-refractivity contribution >= 4 is 17.6 Å². The Kier molecular flexibility index (Phi) is 3.20. The molecule has 0 amide bonds. The summed E-state index contributed by atoms with van der Waals surface area (Å²) in [6.45, 7) is 4.09. The van der Waals surface area contributed by atoms with Crippen LogP contribution in [0, 0.1) is 13.8 Å². The largest absolute Gasteiger partial charge is 0.298 e. The molecule has 0 bridgehead atoms. The monoisotopic (exact) mass is 283 g/mol. The summed E-state index contributed by atoms with van der Waals surface area (Å²) in [5, 5.41) is 7.15. The minimum atomic E-state index is 0.555. The maximum atomic E-state index is 11.2. The van der Waals surface area contributed by atoms with Gasteiger partial charge < -0.3 is 0 Å². The van der Waals surface area contributed by atoms with Crippen LogP contribution in [0.2, 0.25) is 0 Å². The van der Waals surface area contributed by atoms with E-state index in [0.29, 0.717) is 11.3 Å². The highest BCUT2D eigenvalue weighted by atomic mass is 32.1.